The zero-order chi connectivity index (χ0) is 21.6. The zero-order valence-corrected chi connectivity index (χ0v) is 17.7. The van der Waals surface area contributed by atoms with Gasteiger partial charge in [0.2, 0.25) is 5.75 Å². The van der Waals surface area contributed by atoms with Gasteiger partial charge in [-0.05, 0) is 36.4 Å². The molecule has 1 aromatic heterocycles. The quantitative estimate of drug-likeness (QED) is 0.323. The summed E-state index contributed by atoms with van der Waals surface area (Å²) < 4.78 is 16.5. The number of rotatable bonds is 8. The van der Waals surface area contributed by atoms with Crippen molar-refractivity contribution in [2.45, 2.75) is 6.42 Å². The summed E-state index contributed by atoms with van der Waals surface area (Å²) in [5.74, 6) is 2.47. The normalized spacial score (nSPS) is 11.4. The van der Waals surface area contributed by atoms with Crippen LogP contribution in [-0.2, 0) is 6.42 Å². The molecular formula is C24H24N4O3. The summed E-state index contributed by atoms with van der Waals surface area (Å²) >= 11 is 0. The summed E-state index contributed by atoms with van der Waals surface area (Å²) in [7, 11) is 4.78. The Bertz CT molecular complexity index is 1140. The fourth-order valence-corrected chi connectivity index (χ4v) is 3.35. The smallest absolute Gasteiger partial charge is 0.203 e. The number of anilines is 1. The Labute approximate surface area is 180 Å². The van der Waals surface area contributed by atoms with Gasteiger partial charge >= 0.3 is 0 Å². The van der Waals surface area contributed by atoms with E-state index in [0.29, 0.717) is 23.7 Å². The maximum atomic E-state index is 5.53. The van der Waals surface area contributed by atoms with Gasteiger partial charge in [-0.15, -0.1) is 0 Å². The summed E-state index contributed by atoms with van der Waals surface area (Å²) in [6, 6.07) is 21.5. The van der Waals surface area contributed by atoms with Gasteiger partial charge in [0.15, 0.2) is 11.5 Å². The Morgan fingerprint density at radius 3 is 2.23 bits per heavy atom. The first-order chi connectivity index (χ1) is 15.2. The Morgan fingerprint density at radius 2 is 1.58 bits per heavy atom. The topological polar surface area (TPSA) is 80.8 Å². The van der Waals surface area contributed by atoms with Crippen molar-refractivity contribution >= 4 is 22.4 Å². The minimum absolute atomic E-state index is 0.479. The monoisotopic (exact) mass is 416 g/mol. The van der Waals surface area contributed by atoms with Crippen LogP contribution in [0.1, 0.15) is 11.4 Å². The van der Waals surface area contributed by atoms with Gasteiger partial charge in [-0.2, -0.15) is 5.10 Å². The number of hydrogen-bond acceptors (Lipinski definition) is 6. The number of para-hydroxylation sites is 3. The standard InChI is InChI=1S/C24H24N4O3/c1-29-21-13-16(14-22(30-2)24(21)31-3)20(28-27-17-9-5-4-6-10-17)15-23-25-18-11-7-8-12-19(18)26-23/h4-14,27H,15H2,1-3H3,(H,25,26). The van der Waals surface area contributed by atoms with Gasteiger partial charge < -0.3 is 19.2 Å². The highest BCUT2D eigenvalue weighted by Crippen LogP contribution is 2.38. The highest BCUT2D eigenvalue weighted by Gasteiger charge is 2.17. The summed E-state index contributed by atoms with van der Waals surface area (Å²) in [4.78, 5) is 8.07. The Morgan fingerprint density at radius 1 is 0.903 bits per heavy atom. The number of nitrogens with zero attached hydrogens (tertiary/aromatic N) is 2. The average Bonchev–Trinajstić information content (AvgIpc) is 3.24. The van der Waals surface area contributed by atoms with E-state index in [0.717, 1.165) is 33.8 Å². The predicted octanol–water partition coefficient (Wildman–Crippen LogP) is 4.65. The number of methoxy groups -OCH3 is 3. The van der Waals surface area contributed by atoms with E-state index >= 15 is 0 Å². The molecule has 0 saturated carbocycles. The second-order valence-corrected chi connectivity index (χ2v) is 6.83. The van der Waals surface area contributed by atoms with E-state index in [9.17, 15) is 0 Å². The van der Waals surface area contributed by atoms with Gasteiger partial charge in [0.1, 0.15) is 5.82 Å². The molecule has 2 N–H and O–H groups in total. The van der Waals surface area contributed by atoms with Crippen LogP contribution in [0, 0.1) is 0 Å². The Kier molecular flexibility index (Phi) is 6.03. The van der Waals surface area contributed by atoms with Crippen molar-refractivity contribution in [3.8, 4) is 17.2 Å². The van der Waals surface area contributed by atoms with Crippen molar-refractivity contribution < 1.29 is 14.2 Å². The van der Waals surface area contributed by atoms with E-state index in [-0.39, 0.29) is 0 Å². The van der Waals surface area contributed by atoms with Crippen LogP contribution in [-0.4, -0.2) is 37.0 Å². The molecule has 7 heteroatoms. The van der Waals surface area contributed by atoms with Gasteiger partial charge in [0.25, 0.3) is 0 Å². The number of fused-ring (bicyclic) bond motifs is 1. The third-order valence-corrected chi connectivity index (χ3v) is 4.87. The van der Waals surface area contributed by atoms with Gasteiger partial charge in [-0.25, -0.2) is 4.98 Å². The molecule has 0 saturated heterocycles. The second-order valence-electron chi connectivity index (χ2n) is 6.83. The van der Waals surface area contributed by atoms with Crippen LogP contribution < -0.4 is 19.6 Å². The molecule has 0 atom stereocenters. The molecule has 0 amide bonds. The number of nitrogens with one attached hydrogen (secondary N) is 2. The SMILES string of the molecule is COc1cc(C(Cc2nc3ccccc3[nH]2)=NNc2ccccc2)cc(OC)c1OC. The molecule has 0 fully saturated rings. The van der Waals surface area contributed by atoms with Crippen LogP contribution in [0.15, 0.2) is 71.8 Å². The molecule has 4 aromatic rings. The largest absolute Gasteiger partial charge is 0.493 e. The van der Waals surface area contributed by atoms with Crippen molar-refractivity contribution in [3.05, 3.63) is 78.1 Å². The summed E-state index contributed by atoms with van der Waals surface area (Å²) in [6.07, 6.45) is 0.479. The molecule has 0 aliphatic rings. The molecule has 0 spiro atoms. The maximum absolute atomic E-state index is 5.53. The van der Waals surface area contributed by atoms with Crippen molar-refractivity contribution in [1.29, 1.82) is 0 Å². The van der Waals surface area contributed by atoms with E-state index in [4.69, 9.17) is 24.3 Å². The highest BCUT2D eigenvalue weighted by atomic mass is 16.5. The number of aromatic nitrogens is 2. The number of imidazole rings is 1. The van der Waals surface area contributed by atoms with Crippen molar-refractivity contribution in [2.24, 2.45) is 5.10 Å². The number of benzene rings is 3. The number of hydrazone groups is 1. The number of aromatic amines is 1. The average molecular weight is 416 g/mol. The molecule has 1 heterocycles. The fourth-order valence-electron chi connectivity index (χ4n) is 3.35. The minimum Gasteiger partial charge on any atom is -0.493 e. The van der Waals surface area contributed by atoms with E-state index in [1.54, 1.807) is 21.3 Å². The van der Waals surface area contributed by atoms with Crippen molar-refractivity contribution in [1.82, 2.24) is 9.97 Å². The number of hydrogen-bond donors (Lipinski definition) is 2. The first-order valence-electron chi connectivity index (χ1n) is 9.83. The molecule has 3 aromatic carbocycles. The maximum Gasteiger partial charge on any atom is 0.203 e. The van der Waals surface area contributed by atoms with Gasteiger partial charge in [-0.1, -0.05) is 30.3 Å². The van der Waals surface area contributed by atoms with E-state index in [1.165, 1.54) is 0 Å². The second kappa shape index (κ2) is 9.21. The zero-order valence-electron chi connectivity index (χ0n) is 17.7. The van der Waals surface area contributed by atoms with Crippen LogP contribution >= 0.6 is 0 Å². The van der Waals surface area contributed by atoms with Gasteiger partial charge in [0, 0.05) is 5.56 Å². The third kappa shape index (κ3) is 4.45. The lowest BCUT2D eigenvalue weighted by molar-refractivity contribution is 0.324. The molecule has 0 radical (unpaired) electrons. The lowest BCUT2D eigenvalue weighted by Crippen LogP contribution is -2.11. The third-order valence-electron chi connectivity index (χ3n) is 4.87. The molecular weight excluding hydrogens is 392 g/mol. The first kappa shape index (κ1) is 20.3. The molecule has 0 aliphatic carbocycles. The molecule has 4 rings (SSSR count). The summed E-state index contributed by atoms with van der Waals surface area (Å²) in [6.45, 7) is 0. The Hall–Kier alpha value is -4.00. The lowest BCUT2D eigenvalue weighted by Gasteiger charge is -2.15. The molecule has 158 valence electrons. The number of H-pyrrole nitrogens is 1. The van der Waals surface area contributed by atoms with Crippen molar-refractivity contribution in [3.63, 3.8) is 0 Å². The Balaban J connectivity index is 1.76. The van der Waals surface area contributed by atoms with E-state index in [1.807, 2.05) is 66.7 Å². The lowest BCUT2D eigenvalue weighted by atomic mass is 10.1. The van der Waals surface area contributed by atoms with Gasteiger partial charge in [-0.3, -0.25) is 5.43 Å². The molecule has 31 heavy (non-hydrogen) atoms. The highest BCUT2D eigenvalue weighted by molar-refractivity contribution is 6.03. The minimum atomic E-state index is 0.479. The van der Waals surface area contributed by atoms with E-state index in [2.05, 4.69) is 10.4 Å². The molecule has 0 unspecified atom stereocenters. The van der Waals surface area contributed by atoms with Crippen LogP contribution in [0.4, 0.5) is 5.69 Å². The van der Waals surface area contributed by atoms with Crippen LogP contribution in [0.2, 0.25) is 0 Å². The predicted molar refractivity (Wildman–Crippen MR) is 122 cm³/mol. The van der Waals surface area contributed by atoms with Crippen LogP contribution in [0.3, 0.4) is 0 Å². The molecule has 0 bridgehead atoms. The van der Waals surface area contributed by atoms with Gasteiger partial charge in [0.05, 0.1) is 50.2 Å². The summed E-state index contributed by atoms with van der Waals surface area (Å²) in [5.41, 5.74) is 7.52. The number of ether oxygens (including phenoxy) is 3. The first-order valence-corrected chi connectivity index (χ1v) is 9.83. The molecule has 0 aliphatic heterocycles. The van der Waals surface area contributed by atoms with E-state index < -0.39 is 0 Å². The summed E-state index contributed by atoms with van der Waals surface area (Å²) in [5, 5.41) is 4.69. The molecule has 7 nitrogen and oxygen atoms in total. The fraction of sp³-hybridized carbons (Fsp3) is 0.167. The van der Waals surface area contributed by atoms with Crippen LogP contribution in [0.25, 0.3) is 11.0 Å². The van der Waals surface area contributed by atoms with Crippen molar-refractivity contribution in [2.75, 3.05) is 26.8 Å². The van der Waals surface area contributed by atoms with Crippen LogP contribution in [0.5, 0.6) is 17.2 Å².